The summed E-state index contributed by atoms with van der Waals surface area (Å²) in [6.45, 7) is 1.75. The molecule has 3 N–H and O–H groups in total. The topological polar surface area (TPSA) is 85.1 Å². The van der Waals surface area contributed by atoms with Crippen LogP contribution in [-0.2, 0) is 4.57 Å². The summed E-state index contributed by atoms with van der Waals surface area (Å²) in [5.41, 5.74) is 6.96. The Bertz CT molecular complexity index is 586. The SMILES string of the molecule is CP1(=O)C=C(c2ncc(NC(N)=O)cc2Cl)CC1. The predicted octanol–water partition coefficient (Wildman–Crippen LogP) is 2.96. The van der Waals surface area contributed by atoms with Gasteiger partial charge in [0.05, 0.1) is 22.6 Å². The number of pyridine rings is 1. The lowest BCUT2D eigenvalue weighted by Crippen LogP contribution is -2.19. The summed E-state index contributed by atoms with van der Waals surface area (Å²) in [6.07, 6.45) is 2.84. The van der Waals surface area contributed by atoms with Crippen molar-refractivity contribution in [2.75, 3.05) is 18.1 Å². The first-order chi connectivity index (χ1) is 8.37. The molecule has 0 fully saturated rings. The molecule has 0 aromatic carbocycles. The third kappa shape index (κ3) is 2.92. The fraction of sp³-hybridized carbons (Fsp3) is 0.273. The van der Waals surface area contributed by atoms with Crippen LogP contribution in [-0.4, -0.2) is 23.8 Å². The minimum absolute atomic E-state index is 0.411. The molecule has 1 unspecified atom stereocenters. The molecule has 18 heavy (non-hydrogen) atoms. The monoisotopic (exact) mass is 285 g/mol. The number of hydrogen-bond acceptors (Lipinski definition) is 3. The summed E-state index contributed by atoms with van der Waals surface area (Å²) in [6, 6.07) is 0.910. The zero-order valence-corrected chi connectivity index (χ0v) is 11.5. The van der Waals surface area contributed by atoms with Gasteiger partial charge in [0, 0.05) is 6.16 Å². The molecule has 0 saturated carbocycles. The lowest BCUT2D eigenvalue weighted by molar-refractivity contribution is 0.259. The van der Waals surface area contributed by atoms with E-state index >= 15 is 0 Å². The van der Waals surface area contributed by atoms with Crippen molar-refractivity contribution in [3.05, 3.63) is 28.8 Å². The summed E-state index contributed by atoms with van der Waals surface area (Å²) < 4.78 is 11.9. The number of nitrogens with two attached hydrogens (primary N) is 1. The van der Waals surface area contributed by atoms with E-state index in [0.29, 0.717) is 29.0 Å². The van der Waals surface area contributed by atoms with Crippen LogP contribution < -0.4 is 11.1 Å². The maximum atomic E-state index is 11.9. The standard InChI is InChI=1S/C11H13ClN3O2P/c1-18(17)3-2-7(6-18)10-9(12)4-8(5-14-10)15-11(13)16/h4-6H,2-3H2,1H3,(H3,13,15,16). The van der Waals surface area contributed by atoms with Crippen molar-refractivity contribution < 1.29 is 9.36 Å². The Morgan fingerprint density at radius 2 is 2.33 bits per heavy atom. The van der Waals surface area contributed by atoms with Crippen LogP contribution in [0.15, 0.2) is 18.1 Å². The van der Waals surface area contributed by atoms with E-state index < -0.39 is 13.2 Å². The van der Waals surface area contributed by atoms with Crippen LogP contribution in [0.25, 0.3) is 5.57 Å². The van der Waals surface area contributed by atoms with E-state index in [4.69, 9.17) is 17.3 Å². The summed E-state index contributed by atoms with van der Waals surface area (Å²) in [5, 5.41) is 2.81. The Morgan fingerprint density at radius 3 is 2.83 bits per heavy atom. The number of carbonyl (C=O) groups excluding carboxylic acids is 1. The minimum atomic E-state index is -2.17. The zero-order chi connectivity index (χ0) is 13.3. The average molecular weight is 286 g/mol. The molecule has 0 radical (unpaired) electrons. The molecule has 1 aromatic heterocycles. The average Bonchev–Trinajstić information content (AvgIpc) is 2.58. The van der Waals surface area contributed by atoms with E-state index in [1.165, 1.54) is 6.20 Å². The normalized spacial score (nSPS) is 22.7. The van der Waals surface area contributed by atoms with Gasteiger partial charge in [-0.1, -0.05) is 11.6 Å². The number of anilines is 1. The molecule has 1 aliphatic rings. The first-order valence-corrected chi connectivity index (χ1v) is 8.16. The fourth-order valence-corrected chi connectivity index (χ4v) is 3.88. The molecule has 5 nitrogen and oxygen atoms in total. The molecule has 2 heterocycles. The number of nitrogens with one attached hydrogen (secondary N) is 1. The van der Waals surface area contributed by atoms with Crippen molar-refractivity contribution in [3.63, 3.8) is 0 Å². The van der Waals surface area contributed by atoms with E-state index in [2.05, 4.69) is 10.3 Å². The molecule has 0 aliphatic carbocycles. The predicted molar refractivity (Wildman–Crippen MR) is 73.4 cm³/mol. The number of amides is 2. The number of halogens is 1. The largest absolute Gasteiger partial charge is 0.351 e. The Balaban J connectivity index is 2.31. The molecule has 2 amide bonds. The molecule has 0 saturated heterocycles. The van der Waals surface area contributed by atoms with Crippen LogP contribution in [0.1, 0.15) is 12.1 Å². The number of aromatic nitrogens is 1. The van der Waals surface area contributed by atoms with Crippen molar-refractivity contribution >= 4 is 36.0 Å². The Kier molecular flexibility index (Phi) is 3.46. The van der Waals surface area contributed by atoms with Gasteiger partial charge in [-0.3, -0.25) is 4.98 Å². The van der Waals surface area contributed by atoms with E-state index in [0.717, 1.165) is 5.57 Å². The van der Waals surface area contributed by atoms with Gasteiger partial charge in [-0.2, -0.15) is 0 Å². The fourth-order valence-electron chi connectivity index (χ4n) is 1.87. The number of primary amides is 1. The molecule has 96 valence electrons. The van der Waals surface area contributed by atoms with E-state index in [9.17, 15) is 9.36 Å². The number of hydrogen-bond donors (Lipinski definition) is 2. The molecule has 7 heteroatoms. The van der Waals surface area contributed by atoms with Gasteiger partial charge in [0.25, 0.3) is 0 Å². The van der Waals surface area contributed by atoms with Gasteiger partial charge in [0.15, 0.2) is 0 Å². The van der Waals surface area contributed by atoms with Crippen LogP contribution in [0.2, 0.25) is 5.02 Å². The van der Waals surface area contributed by atoms with Crippen LogP contribution in [0.4, 0.5) is 10.5 Å². The summed E-state index contributed by atoms with van der Waals surface area (Å²) in [7, 11) is -2.17. The van der Waals surface area contributed by atoms with Gasteiger partial charge < -0.3 is 15.6 Å². The van der Waals surface area contributed by atoms with Crippen LogP contribution in [0, 0.1) is 0 Å². The van der Waals surface area contributed by atoms with Crippen LogP contribution >= 0.6 is 18.7 Å². The molecule has 2 rings (SSSR count). The summed E-state index contributed by atoms with van der Waals surface area (Å²) >= 11 is 6.10. The number of nitrogens with zero attached hydrogens (tertiary/aromatic N) is 1. The van der Waals surface area contributed by atoms with Crippen molar-refractivity contribution in [1.29, 1.82) is 0 Å². The molecule has 1 aromatic rings. The first kappa shape index (κ1) is 13.1. The van der Waals surface area contributed by atoms with Gasteiger partial charge in [0.1, 0.15) is 7.14 Å². The summed E-state index contributed by atoms with van der Waals surface area (Å²) in [4.78, 5) is 14.9. The Morgan fingerprint density at radius 1 is 1.61 bits per heavy atom. The highest BCUT2D eigenvalue weighted by Gasteiger charge is 2.24. The third-order valence-electron chi connectivity index (χ3n) is 2.67. The first-order valence-electron chi connectivity index (χ1n) is 5.38. The quantitative estimate of drug-likeness (QED) is 0.819. The highest BCUT2D eigenvalue weighted by Crippen LogP contribution is 2.53. The molecule has 0 bridgehead atoms. The van der Waals surface area contributed by atoms with Gasteiger partial charge in [-0.05, 0) is 30.5 Å². The molecule has 1 aliphatic heterocycles. The zero-order valence-electron chi connectivity index (χ0n) is 9.81. The van der Waals surface area contributed by atoms with Gasteiger partial charge in [-0.15, -0.1) is 0 Å². The van der Waals surface area contributed by atoms with E-state index in [1.807, 2.05) is 0 Å². The molecule has 1 atom stereocenters. The maximum absolute atomic E-state index is 11.9. The smallest absolute Gasteiger partial charge is 0.316 e. The Hall–Kier alpha value is -1.32. The van der Waals surface area contributed by atoms with E-state index in [1.54, 1.807) is 18.5 Å². The van der Waals surface area contributed by atoms with Crippen molar-refractivity contribution in [2.24, 2.45) is 5.73 Å². The second-order valence-electron chi connectivity index (χ2n) is 4.35. The number of carbonyl (C=O) groups is 1. The van der Waals surface area contributed by atoms with Crippen molar-refractivity contribution in [3.8, 4) is 0 Å². The van der Waals surface area contributed by atoms with Crippen molar-refractivity contribution in [2.45, 2.75) is 6.42 Å². The highest BCUT2D eigenvalue weighted by molar-refractivity contribution is 7.67. The summed E-state index contributed by atoms with van der Waals surface area (Å²) in [5.74, 6) is 1.77. The van der Waals surface area contributed by atoms with Gasteiger partial charge in [0.2, 0.25) is 0 Å². The second kappa shape index (κ2) is 4.75. The number of urea groups is 1. The number of allylic oxidation sites excluding steroid dienone is 1. The minimum Gasteiger partial charge on any atom is -0.351 e. The molecular weight excluding hydrogens is 273 g/mol. The lowest BCUT2D eigenvalue weighted by atomic mass is 10.1. The Labute approximate surface area is 110 Å². The lowest BCUT2D eigenvalue weighted by Gasteiger charge is -2.06. The molecular formula is C11H13ClN3O2P. The highest BCUT2D eigenvalue weighted by atomic mass is 35.5. The van der Waals surface area contributed by atoms with Gasteiger partial charge in [-0.25, -0.2) is 4.79 Å². The van der Waals surface area contributed by atoms with E-state index in [-0.39, 0.29) is 0 Å². The van der Waals surface area contributed by atoms with Crippen molar-refractivity contribution in [1.82, 2.24) is 4.98 Å². The second-order valence-corrected chi connectivity index (χ2v) is 7.81. The van der Waals surface area contributed by atoms with Crippen LogP contribution in [0.3, 0.4) is 0 Å². The van der Waals surface area contributed by atoms with Gasteiger partial charge >= 0.3 is 6.03 Å². The third-order valence-corrected chi connectivity index (χ3v) is 4.92. The maximum Gasteiger partial charge on any atom is 0.316 e. The van der Waals surface area contributed by atoms with Crippen LogP contribution in [0.5, 0.6) is 0 Å². The molecule has 0 spiro atoms. The number of rotatable bonds is 2.